The highest BCUT2D eigenvalue weighted by Crippen LogP contribution is 2.36. The van der Waals surface area contributed by atoms with Gasteiger partial charge in [-0.3, -0.25) is 9.59 Å². The maximum Gasteiger partial charge on any atom is 0.306 e. The molecule has 360 valence electrons. The van der Waals surface area contributed by atoms with Crippen LogP contribution in [0, 0.1) is 0 Å². The lowest BCUT2D eigenvalue weighted by Crippen LogP contribution is -2.31. The highest BCUT2D eigenvalue weighted by Gasteiger charge is 2.31. The fourth-order valence-corrected chi connectivity index (χ4v) is 8.61. The van der Waals surface area contributed by atoms with E-state index in [2.05, 4.69) is 72.2 Å². The number of thioether (sulfide) groups is 4. The lowest BCUT2D eigenvalue weighted by Gasteiger charge is -2.27. The minimum atomic E-state index is -1.05. The van der Waals surface area contributed by atoms with E-state index in [0.717, 1.165) is 9.79 Å². The van der Waals surface area contributed by atoms with E-state index in [4.69, 9.17) is 18.9 Å². The van der Waals surface area contributed by atoms with E-state index in [9.17, 15) is 9.59 Å². The molecule has 0 heterocycles. The third kappa shape index (κ3) is 27.0. The third-order valence-electron chi connectivity index (χ3n) is 8.02. The second-order valence-corrected chi connectivity index (χ2v) is 28.1. The van der Waals surface area contributed by atoms with Crippen molar-refractivity contribution < 1.29 is 28.5 Å². The fraction of sp³-hybridized carbons (Fsp3) is 0.708. The van der Waals surface area contributed by atoms with Gasteiger partial charge in [0.15, 0.2) is 0 Å². The van der Waals surface area contributed by atoms with Crippen molar-refractivity contribution in [2.24, 2.45) is 30.7 Å². The van der Waals surface area contributed by atoms with Gasteiger partial charge in [0.2, 0.25) is 11.4 Å². The van der Waals surface area contributed by atoms with Gasteiger partial charge in [0.25, 0.3) is 0 Å². The normalized spacial score (nSPS) is 15.3. The van der Waals surface area contributed by atoms with Crippen LogP contribution in [0.25, 0.3) is 0 Å². The Bertz CT molecular complexity index is 1710. The molecular weight excluding hydrogens is 885 g/mol. The zero-order valence-electron chi connectivity index (χ0n) is 42.0. The SMILES string of the molecule is CC(C)(C)N=NC(C)(CCC(=O)OCCSC(C)(C)N=NC(C)(C)SCCOC(=O)CCC(C)(N=NC(C)(C)C)Oc1ccc(SC(C)(C)C)cc1)Oc1ccc(SC(C)(C)C)cc1. The van der Waals surface area contributed by atoms with Crippen LogP contribution < -0.4 is 9.47 Å². The maximum absolute atomic E-state index is 12.9. The summed E-state index contributed by atoms with van der Waals surface area (Å²) in [4.78, 5) is 26.9. The number of hydrogen-bond acceptors (Lipinski definition) is 16. The Balaban J connectivity index is 1.83. The standard InChI is InChI=1S/C48H78N6O6S4/c1-41(2,3)49-53-47(17,59-35-19-23-37(24-20-35)63-43(7,8)9)29-27-39(55)57-31-33-61-45(13,14)51-52-46(15,16)62-34-32-58-40(56)28-30-48(18,54-50-42(4,5)6)60-36-21-25-38(26-22-36)64-44(10,11)12/h19-26H,27-34H2,1-18H3. The van der Waals surface area contributed by atoms with Crippen molar-refractivity contribution in [2.45, 2.75) is 202 Å². The highest BCUT2D eigenvalue weighted by atomic mass is 32.2. The Morgan fingerprint density at radius 1 is 0.453 bits per heavy atom. The highest BCUT2D eigenvalue weighted by molar-refractivity contribution is 8.01. The van der Waals surface area contributed by atoms with Gasteiger partial charge in [-0.25, -0.2) is 0 Å². The molecule has 0 saturated carbocycles. The van der Waals surface area contributed by atoms with Crippen LogP contribution in [0.3, 0.4) is 0 Å². The van der Waals surface area contributed by atoms with Gasteiger partial charge >= 0.3 is 11.9 Å². The molecule has 0 aliphatic carbocycles. The second-order valence-electron chi connectivity index (χ2n) is 20.9. The largest absolute Gasteiger partial charge is 0.465 e. The molecule has 2 aromatic carbocycles. The first-order valence-corrected chi connectivity index (χ1v) is 25.6. The number of azo groups is 3. The fourth-order valence-electron chi connectivity index (χ4n) is 5.13. The molecule has 12 nitrogen and oxygen atoms in total. The first-order chi connectivity index (χ1) is 29.1. The molecule has 0 aliphatic heterocycles. The summed E-state index contributed by atoms with van der Waals surface area (Å²) < 4.78 is 24.0. The molecule has 2 atom stereocenters. The van der Waals surface area contributed by atoms with Crippen LogP contribution in [0.15, 0.2) is 89.0 Å². The van der Waals surface area contributed by atoms with Crippen LogP contribution in [0.5, 0.6) is 11.5 Å². The molecule has 0 spiro atoms. The molecule has 0 saturated heterocycles. The number of carbonyl (C=O) groups excluding carboxylic acids is 2. The summed E-state index contributed by atoms with van der Waals surface area (Å²) >= 11 is 6.66. The Morgan fingerprint density at radius 3 is 1.05 bits per heavy atom. The molecule has 0 aliphatic rings. The first-order valence-electron chi connectivity index (χ1n) is 22.0. The van der Waals surface area contributed by atoms with Gasteiger partial charge in [-0.1, -0.05) is 41.5 Å². The Morgan fingerprint density at radius 2 is 0.766 bits per heavy atom. The Labute approximate surface area is 402 Å². The molecule has 0 N–H and O–H groups in total. The van der Waals surface area contributed by atoms with Crippen LogP contribution in [-0.4, -0.2) is 78.4 Å². The van der Waals surface area contributed by atoms with Crippen molar-refractivity contribution in [2.75, 3.05) is 24.7 Å². The number of ether oxygens (including phenoxy) is 4. The molecule has 2 unspecified atom stereocenters. The monoisotopic (exact) mass is 962 g/mol. The maximum atomic E-state index is 12.9. The van der Waals surface area contributed by atoms with E-state index in [1.807, 2.05) is 132 Å². The molecule has 0 fully saturated rings. The van der Waals surface area contributed by atoms with Crippen molar-refractivity contribution in [3.63, 3.8) is 0 Å². The van der Waals surface area contributed by atoms with Crippen molar-refractivity contribution in [3.05, 3.63) is 48.5 Å². The second kappa shape index (κ2) is 24.3. The molecule has 2 rings (SSSR count). The van der Waals surface area contributed by atoms with E-state index >= 15 is 0 Å². The molecule has 2 aromatic rings. The van der Waals surface area contributed by atoms with Gasteiger partial charge in [-0.15, -0.1) is 57.3 Å². The number of hydrogen-bond donors (Lipinski definition) is 0. The summed E-state index contributed by atoms with van der Waals surface area (Å²) in [6.45, 7) is 36.9. The zero-order valence-corrected chi connectivity index (χ0v) is 45.3. The lowest BCUT2D eigenvalue weighted by molar-refractivity contribution is -0.145. The van der Waals surface area contributed by atoms with Gasteiger partial charge in [-0.2, -0.15) is 20.5 Å². The minimum absolute atomic E-state index is 0.0953. The molecular formula is C48H78N6O6S4. The van der Waals surface area contributed by atoms with E-state index in [0.29, 0.717) is 35.8 Å². The summed E-state index contributed by atoms with van der Waals surface area (Å²) in [6, 6.07) is 15.8. The molecule has 0 amide bonds. The quantitative estimate of drug-likeness (QED) is 0.0431. The number of benzene rings is 2. The Kier molecular flexibility index (Phi) is 21.7. The van der Waals surface area contributed by atoms with Crippen molar-refractivity contribution in [3.8, 4) is 11.5 Å². The predicted molar refractivity (Wildman–Crippen MR) is 270 cm³/mol. The molecule has 0 radical (unpaired) electrons. The molecule has 0 bridgehead atoms. The van der Waals surface area contributed by atoms with Crippen molar-refractivity contribution >= 4 is 59.0 Å². The first kappa shape index (κ1) is 57.3. The topological polar surface area (TPSA) is 145 Å². The number of rotatable bonds is 24. The van der Waals surface area contributed by atoms with E-state index in [1.165, 1.54) is 0 Å². The lowest BCUT2D eigenvalue weighted by atomic mass is 10.1. The van der Waals surface area contributed by atoms with Crippen LogP contribution in [0.2, 0.25) is 0 Å². The average molecular weight is 963 g/mol. The van der Waals surface area contributed by atoms with Crippen molar-refractivity contribution in [1.82, 2.24) is 0 Å². The van der Waals surface area contributed by atoms with E-state index < -0.39 is 32.3 Å². The van der Waals surface area contributed by atoms with Crippen LogP contribution >= 0.6 is 47.0 Å². The number of carbonyl (C=O) groups is 2. The summed E-state index contributed by atoms with van der Waals surface area (Å²) in [5.41, 5.74) is -2.90. The van der Waals surface area contributed by atoms with Gasteiger partial charge < -0.3 is 18.9 Å². The average Bonchev–Trinajstić information content (AvgIpc) is 3.15. The number of esters is 2. The summed E-state index contributed by atoms with van der Waals surface area (Å²) in [6.07, 6.45) is 0.842. The molecule has 16 heteroatoms. The van der Waals surface area contributed by atoms with Gasteiger partial charge in [0.05, 0.1) is 23.9 Å². The number of nitrogens with zero attached hydrogens (tertiary/aromatic N) is 6. The Hall–Kier alpha value is -2.82. The van der Waals surface area contributed by atoms with Gasteiger partial charge in [0, 0.05) is 43.6 Å². The van der Waals surface area contributed by atoms with Gasteiger partial charge in [0.1, 0.15) is 34.5 Å². The third-order valence-corrected chi connectivity index (χ3v) is 12.6. The molecule has 0 aromatic heterocycles. The summed E-state index contributed by atoms with van der Waals surface area (Å²) in [5.74, 6) is 1.74. The van der Waals surface area contributed by atoms with Crippen LogP contribution in [0.1, 0.15) is 150 Å². The molecule has 64 heavy (non-hydrogen) atoms. The predicted octanol–water partition coefficient (Wildman–Crippen LogP) is 14.9. The smallest absolute Gasteiger partial charge is 0.306 e. The van der Waals surface area contributed by atoms with Crippen LogP contribution in [0.4, 0.5) is 0 Å². The van der Waals surface area contributed by atoms with E-state index in [-0.39, 0.29) is 47.5 Å². The summed E-state index contributed by atoms with van der Waals surface area (Å²) in [7, 11) is 0. The minimum Gasteiger partial charge on any atom is -0.465 e. The van der Waals surface area contributed by atoms with Gasteiger partial charge in [-0.05, 0) is 132 Å². The summed E-state index contributed by atoms with van der Waals surface area (Å²) in [5, 5.41) is 27.3. The van der Waals surface area contributed by atoms with Crippen LogP contribution in [-0.2, 0) is 19.1 Å². The zero-order chi connectivity index (χ0) is 48.7. The van der Waals surface area contributed by atoms with Crippen molar-refractivity contribution in [1.29, 1.82) is 0 Å². The van der Waals surface area contributed by atoms with E-state index in [1.54, 1.807) is 47.0 Å².